The van der Waals surface area contributed by atoms with Crippen LogP contribution in [0.4, 0.5) is 0 Å². The first-order valence-corrected chi connectivity index (χ1v) is 8.15. The molecule has 0 spiro atoms. The van der Waals surface area contributed by atoms with Crippen LogP contribution in [0.15, 0.2) is 25.3 Å². The lowest BCUT2D eigenvalue weighted by molar-refractivity contribution is -0.143. The van der Waals surface area contributed by atoms with Gasteiger partial charge in [-0.1, -0.05) is 64.8 Å². The molecule has 0 amide bonds. The number of hydrogen-bond donors (Lipinski definition) is 0. The zero-order valence-electron chi connectivity index (χ0n) is 14.3. The molecule has 0 N–H and O–H groups in total. The zero-order valence-corrected chi connectivity index (χ0v) is 14.3. The van der Waals surface area contributed by atoms with Crippen LogP contribution in [0.25, 0.3) is 0 Å². The molecule has 0 aliphatic rings. The van der Waals surface area contributed by atoms with Crippen LogP contribution in [0.2, 0.25) is 0 Å². The smallest absolute Gasteiger partial charge is 0.306 e. The summed E-state index contributed by atoms with van der Waals surface area (Å²) in [6.45, 7) is 11.8. The average molecular weight is 312 g/mol. The lowest BCUT2D eigenvalue weighted by atomic mass is 10.2. The third-order valence-electron chi connectivity index (χ3n) is 2.69. The van der Waals surface area contributed by atoms with Crippen LogP contribution in [0.5, 0.6) is 0 Å². The maximum absolute atomic E-state index is 10.8. The lowest BCUT2D eigenvalue weighted by Crippen LogP contribution is -2.03. The predicted octanol–water partition coefficient (Wildman–Crippen LogP) is 4.59. The molecule has 0 radical (unpaired) electrons. The maximum Gasteiger partial charge on any atom is 0.306 e. The second kappa shape index (κ2) is 19.4. The van der Waals surface area contributed by atoms with Crippen molar-refractivity contribution in [2.24, 2.45) is 0 Å². The number of unbranched alkanes of at least 4 members (excludes halogenated alkanes) is 4. The summed E-state index contributed by atoms with van der Waals surface area (Å²) in [5.74, 6) is -0.225. The number of ether oxygens (including phenoxy) is 2. The molecule has 0 fully saturated rings. The van der Waals surface area contributed by atoms with E-state index in [1.807, 2.05) is 0 Å². The molecule has 0 aliphatic heterocycles. The van der Waals surface area contributed by atoms with Crippen LogP contribution in [-0.4, -0.2) is 25.2 Å². The topological polar surface area (TPSA) is 52.6 Å². The third-order valence-corrected chi connectivity index (χ3v) is 2.69. The van der Waals surface area contributed by atoms with E-state index in [4.69, 9.17) is 9.47 Å². The van der Waals surface area contributed by atoms with Crippen molar-refractivity contribution in [3.05, 3.63) is 25.3 Å². The molecule has 0 aromatic rings. The number of hydrogen-bond acceptors (Lipinski definition) is 4. The number of carbonyl (C=O) groups is 2. The van der Waals surface area contributed by atoms with E-state index in [-0.39, 0.29) is 11.9 Å². The Kier molecular flexibility index (Phi) is 20.0. The van der Waals surface area contributed by atoms with Gasteiger partial charge < -0.3 is 9.47 Å². The Hall–Kier alpha value is -1.58. The molecule has 0 saturated heterocycles. The van der Waals surface area contributed by atoms with Gasteiger partial charge in [0.2, 0.25) is 0 Å². The van der Waals surface area contributed by atoms with Gasteiger partial charge >= 0.3 is 11.9 Å². The molecule has 0 aliphatic carbocycles. The fourth-order valence-corrected chi connectivity index (χ4v) is 1.49. The fraction of sp³-hybridized carbons (Fsp3) is 0.667. The highest BCUT2D eigenvalue weighted by molar-refractivity contribution is 5.69. The largest absolute Gasteiger partial charge is 0.461 e. The van der Waals surface area contributed by atoms with Gasteiger partial charge in [-0.3, -0.25) is 9.59 Å². The average Bonchev–Trinajstić information content (AvgIpc) is 2.52. The third kappa shape index (κ3) is 20.7. The SMILES string of the molecule is C=CCOC(=O)CCCCC.C=CCOC(=O)CCCCC. The quantitative estimate of drug-likeness (QED) is 0.300. The second-order valence-corrected chi connectivity index (χ2v) is 4.86. The summed E-state index contributed by atoms with van der Waals surface area (Å²) in [6, 6.07) is 0. The molecule has 0 heterocycles. The molecular weight excluding hydrogens is 280 g/mol. The minimum absolute atomic E-state index is 0.113. The van der Waals surface area contributed by atoms with E-state index in [0.717, 1.165) is 38.5 Å². The molecule has 0 atom stereocenters. The second-order valence-electron chi connectivity index (χ2n) is 4.86. The van der Waals surface area contributed by atoms with Gasteiger partial charge in [0.05, 0.1) is 0 Å². The standard InChI is InChI=1S/2C9H16O2/c2*1-3-5-6-7-9(10)11-8-4-2/h2*4H,2-3,5-8H2,1H3. The Labute approximate surface area is 135 Å². The van der Waals surface area contributed by atoms with Gasteiger partial charge in [0.25, 0.3) is 0 Å². The van der Waals surface area contributed by atoms with Gasteiger partial charge in [-0.2, -0.15) is 0 Å². The Balaban J connectivity index is 0. The van der Waals surface area contributed by atoms with Gasteiger partial charge in [-0.15, -0.1) is 0 Å². The molecule has 128 valence electrons. The Morgan fingerprint density at radius 3 is 1.41 bits per heavy atom. The predicted molar refractivity (Wildman–Crippen MR) is 90.6 cm³/mol. The highest BCUT2D eigenvalue weighted by Gasteiger charge is 1.99. The van der Waals surface area contributed by atoms with Gasteiger partial charge in [0.1, 0.15) is 13.2 Å². The Morgan fingerprint density at radius 2 is 1.14 bits per heavy atom. The van der Waals surface area contributed by atoms with Crippen LogP contribution < -0.4 is 0 Å². The Bertz CT molecular complexity index is 267. The molecule has 0 aromatic carbocycles. The van der Waals surface area contributed by atoms with Crippen LogP contribution in [-0.2, 0) is 19.1 Å². The van der Waals surface area contributed by atoms with Crippen LogP contribution >= 0.6 is 0 Å². The van der Waals surface area contributed by atoms with Crippen molar-refractivity contribution < 1.29 is 19.1 Å². The van der Waals surface area contributed by atoms with E-state index in [2.05, 4.69) is 27.0 Å². The van der Waals surface area contributed by atoms with Gasteiger partial charge in [-0.05, 0) is 12.8 Å². The van der Waals surface area contributed by atoms with E-state index < -0.39 is 0 Å². The summed E-state index contributed by atoms with van der Waals surface area (Å²) in [7, 11) is 0. The first kappa shape index (κ1) is 22.7. The van der Waals surface area contributed by atoms with Gasteiger partial charge in [0.15, 0.2) is 0 Å². The van der Waals surface area contributed by atoms with E-state index in [9.17, 15) is 9.59 Å². The minimum atomic E-state index is -0.113. The van der Waals surface area contributed by atoms with Crippen molar-refractivity contribution in [1.82, 2.24) is 0 Å². The number of carbonyl (C=O) groups excluding carboxylic acids is 2. The highest BCUT2D eigenvalue weighted by atomic mass is 16.5. The number of esters is 2. The molecule has 4 nitrogen and oxygen atoms in total. The number of rotatable bonds is 12. The molecule has 0 bridgehead atoms. The highest BCUT2D eigenvalue weighted by Crippen LogP contribution is 2.00. The first-order valence-electron chi connectivity index (χ1n) is 8.15. The molecule has 0 aromatic heterocycles. The van der Waals surface area contributed by atoms with Crippen molar-refractivity contribution in [1.29, 1.82) is 0 Å². The van der Waals surface area contributed by atoms with Crippen molar-refractivity contribution in [2.75, 3.05) is 13.2 Å². The van der Waals surface area contributed by atoms with Gasteiger partial charge in [0, 0.05) is 12.8 Å². The van der Waals surface area contributed by atoms with Crippen molar-refractivity contribution in [2.45, 2.75) is 65.2 Å². The normalized spacial score (nSPS) is 9.18. The van der Waals surface area contributed by atoms with Crippen molar-refractivity contribution in [3.8, 4) is 0 Å². The van der Waals surface area contributed by atoms with Crippen molar-refractivity contribution >= 4 is 11.9 Å². The molecule has 4 heteroatoms. The zero-order chi connectivity index (χ0) is 17.1. The summed E-state index contributed by atoms with van der Waals surface area (Å²) in [6.07, 6.45) is 10.6. The summed E-state index contributed by atoms with van der Waals surface area (Å²) in [5.41, 5.74) is 0. The molecule has 0 unspecified atom stereocenters. The maximum atomic E-state index is 10.8. The monoisotopic (exact) mass is 312 g/mol. The van der Waals surface area contributed by atoms with E-state index >= 15 is 0 Å². The summed E-state index contributed by atoms with van der Waals surface area (Å²) < 4.78 is 9.56. The van der Waals surface area contributed by atoms with Crippen LogP contribution in [0.1, 0.15) is 65.2 Å². The summed E-state index contributed by atoms with van der Waals surface area (Å²) in [4.78, 5) is 21.6. The van der Waals surface area contributed by atoms with E-state index in [0.29, 0.717) is 26.1 Å². The molecular formula is C18H32O4. The Morgan fingerprint density at radius 1 is 0.773 bits per heavy atom. The first-order chi connectivity index (χ1) is 10.6. The summed E-state index contributed by atoms with van der Waals surface area (Å²) in [5, 5.41) is 0. The fourth-order valence-electron chi connectivity index (χ4n) is 1.49. The van der Waals surface area contributed by atoms with Crippen LogP contribution in [0, 0.1) is 0 Å². The molecule has 0 rings (SSSR count). The van der Waals surface area contributed by atoms with E-state index in [1.165, 1.54) is 0 Å². The van der Waals surface area contributed by atoms with Crippen LogP contribution in [0.3, 0.4) is 0 Å². The summed E-state index contributed by atoms with van der Waals surface area (Å²) >= 11 is 0. The van der Waals surface area contributed by atoms with E-state index in [1.54, 1.807) is 12.2 Å². The van der Waals surface area contributed by atoms with Crippen molar-refractivity contribution in [3.63, 3.8) is 0 Å². The lowest BCUT2D eigenvalue weighted by Gasteiger charge is -1.99. The molecule has 22 heavy (non-hydrogen) atoms. The molecule has 0 saturated carbocycles. The minimum Gasteiger partial charge on any atom is -0.461 e. The van der Waals surface area contributed by atoms with Gasteiger partial charge in [-0.25, -0.2) is 0 Å².